The lowest BCUT2D eigenvalue weighted by Crippen LogP contribution is -2.61. The van der Waals surface area contributed by atoms with E-state index in [2.05, 4.69) is 135 Å². The summed E-state index contributed by atoms with van der Waals surface area (Å²) >= 11 is 0. The highest BCUT2D eigenvalue weighted by atomic mass is 16.3. The van der Waals surface area contributed by atoms with Gasteiger partial charge in [0.1, 0.15) is 11.6 Å². The van der Waals surface area contributed by atoms with Crippen LogP contribution in [0.5, 0.6) is 0 Å². The number of benzene rings is 5. The molecule has 2 aromatic heterocycles. The highest BCUT2D eigenvalue weighted by Gasteiger charge is 2.46. The molecule has 5 heteroatoms. The van der Waals surface area contributed by atoms with Crippen LogP contribution >= 0.6 is 0 Å². The first-order valence-electron chi connectivity index (χ1n) is 17.9. The maximum atomic E-state index is 6.63. The lowest BCUT2D eigenvalue weighted by Gasteiger charge is -2.41. The molecule has 0 saturated heterocycles. The molecule has 0 atom stereocenters. The molecular weight excluding hydrogens is 633 g/mol. The van der Waals surface area contributed by atoms with Gasteiger partial charge in [0.2, 0.25) is 0 Å². The summed E-state index contributed by atoms with van der Waals surface area (Å²) in [4.78, 5) is 7.85. The van der Waals surface area contributed by atoms with Crippen LogP contribution < -0.4 is 31.9 Å². The molecule has 0 radical (unpaired) electrons. The molecule has 0 spiro atoms. The van der Waals surface area contributed by atoms with Gasteiger partial charge in [-0.3, -0.25) is 4.57 Å². The minimum atomic E-state index is -0.0293. The molecule has 52 heavy (non-hydrogen) atoms. The molecule has 0 fully saturated rings. The number of nitrogens with zero attached hydrogens (tertiary/aromatic N) is 3. The van der Waals surface area contributed by atoms with E-state index in [9.17, 15) is 0 Å². The third-order valence-electron chi connectivity index (χ3n) is 11.3. The van der Waals surface area contributed by atoms with Crippen LogP contribution in [0.3, 0.4) is 0 Å². The lowest BCUT2D eigenvalue weighted by atomic mass is 9.33. The van der Waals surface area contributed by atoms with Crippen molar-refractivity contribution in [3.8, 4) is 39.3 Å². The second-order valence-electron chi connectivity index (χ2n) is 14.2. The fraction of sp³-hybridized carbons (Fsp3) is 0.0851. The van der Waals surface area contributed by atoms with Gasteiger partial charge >= 0.3 is 0 Å². The summed E-state index contributed by atoms with van der Waals surface area (Å²) in [6, 6.07) is 31.3. The Kier molecular flexibility index (Phi) is 6.36. The van der Waals surface area contributed by atoms with Crippen LogP contribution in [0, 0.1) is 20.8 Å². The van der Waals surface area contributed by atoms with Crippen LogP contribution in [0.25, 0.3) is 74.8 Å². The topological polar surface area (TPSA) is 34.2 Å². The quantitative estimate of drug-likeness (QED) is 0.173. The van der Waals surface area contributed by atoms with Crippen molar-refractivity contribution in [2.45, 2.75) is 27.7 Å². The van der Waals surface area contributed by atoms with Crippen molar-refractivity contribution in [1.82, 2.24) is 9.55 Å². The average molecular weight is 670 g/mol. The molecule has 3 aliphatic rings. The molecule has 5 aromatic carbocycles. The van der Waals surface area contributed by atoms with E-state index in [0.717, 1.165) is 50.4 Å². The van der Waals surface area contributed by atoms with E-state index >= 15 is 0 Å². The Morgan fingerprint density at radius 2 is 1.46 bits per heavy atom. The SMILES string of the molecule is C=C/C(=c1/oc(C=C)c(/C=C\C)c1=C)N1c2cccc3c2B2c4c1cc(C)cc4-n1c(-c4c(C)cccc4C)nc4ccc(c2c41)-c1ccccc1-3. The Morgan fingerprint density at radius 3 is 2.17 bits per heavy atom. The first-order valence-corrected chi connectivity index (χ1v) is 17.9. The van der Waals surface area contributed by atoms with Crippen molar-refractivity contribution >= 4 is 69.9 Å². The molecule has 3 aliphatic heterocycles. The molecule has 0 saturated carbocycles. The lowest BCUT2D eigenvalue weighted by molar-refractivity contribution is 0.518. The van der Waals surface area contributed by atoms with Crippen LogP contribution in [0.4, 0.5) is 11.4 Å². The van der Waals surface area contributed by atoms with E-state index in [0.29, 0.717) is 11.2 Å². The Morgan fingerprint density at radius 1 is 0.769 bits per heavy atom. The highest BCUT2D eigenvalue weighted by molar-refractivity contribution is 7.02. The zero-order valence-corrected chi connectivity index (χ0v) is 29.8. The number of imidazole rings is 1. The first kappa shape index (κ1) is 30.5. The van der Waals surface area contributed by atoms with Crippen molar-refractivity contribution in [3.05, 3.63) is 149 Å². The average Bonchev–Trinajstić information content (AvgIpc) is 3.64. The van der Waals surface area contributed by atoms with Gasteiger partial charge in [-0.15, -0.1) is 0 Å². The molecule has 0 unspecified atom stereocenters. The number of hydrogen-bond acceptors (Lipinski definition) is 3. The van der Waals surface area contributed by atoms with Gasteiger partial charge in [-0.1, -0.05) is 92.6 Å². The molecule has 248 valence electrons. The van der Waals surface area contributed by atoms with Gasteiger partial charge in [0.05, 0.1) is 16.7 Å². The summed E-state index contributed by atoms with van der Waals surface area (Å²) in [5.41, 5.74) is 21.5. The molecule has 10 rings (SSSR count). The van der Waals surface area contributed by atoms with Gasteiger partial charge in [-0.05, 0) is 119 Å². The molecule has 0 N–H and O–H groups in total. The van der Waals surface area contributed by atoms with E-state index in [1.807, 2.05) is 25.2 Å². The maximum absolute atomic E-state index is 6.63. The zero-order valence-electron chi connectivity index (χ0n) is 29.8. The molecule has 0 amide bonds. The molecule has 5 heterocycles. The molecular formula is C47H36BN3O. The van der Waals surface area contributed by atoms with E-state index in [4.69, 9.17) is 9.40 Å². The third kappa shape index (κ3) is 3.80. The fourth-order valence-corrected chi connectivity index (χ4v) is 9.27. The minimum absolute atomic E-state index is 0.0293. The minimum Gasteiger partial charge on any atom is -0.454 e. The number of furan rings is 1. The number of fused-ring (bicyclic) bond motifs is 4. The third-order valence-corrected chi connectivity index (χ3v) is 11.3. The summed E-state index contributed by atoms with van der Waals surface area (Å²) in [5.74, 6) is 1.66. The van der Waals surface area contributed by atoms with Crippen LogP contribution in [0.1, 0.15) is 34.9 Å². The Bertz CT molecular complexity index is 2900. The molecule has 0 aliphatic carbocycles. The Balaban J connectivity index is 1.44. The van der Waals surface area contributed by atoms with Crippen LogP contribution in [-0.4, -0.2) is 16.3 Å². The predicted molar refractivity (Wildman–Crippen MR) is 220 cm³/mol. The number of rotatable bonds is 5. The maximum Gasteiger partial charge on any atom is 0.253 e. The second kappa shape index (κ2) is 10.8. The Hall–Kier alpha value is -6.33. The van der Waals surface area contributed by atoms with Crippen molar-refractivity contribution in [3.63, 3.8) is 0 Å². The van der Waals surface area contributed by atoms with Crippen LogP contribution in [0.2, 0.25) is 0 Å². The van der Waals surface area contributed by atoms with Crippen LogP contribution in [0.15, 0.2) is 115 Å². The molecule has 7 aromatic rings. The smallest absolute Gasteiger partial charge is 0.253 e. The van der Waals surface area contributed by atoms with Crippen molar-refractivity contribution in [1.29, 1.82) is 0 Å². The van der Waals surface area contributed by atoms with E-state index in [1.54, 1.807) is 6.08 Å². The van der Waals surface area contributed by atoms with E-state index < -0.39 is 0 Å². The van der Waals surface area contributed by atoms with Gasteiger partial charge in [0, 0.05) is 33.4 Å². The van der Waals surface area contributed by atoms with Crippen molar-refractivity contribution in [2.75, 3.05) is 4.90 Å². The summed E-state index contributed by atoms with van der Waals surface area (Å²) < 4.78 is 9.09. The van der Waals surface area contributed by atoms with Crippen molar-refractivity contribution < 1.29 is 4.42 Å². The zero-order chi connectivity index (χ0) is 35.6. The second-order valence-corrected chi connectivity index (χ2v) is 14.2. The normalized spacial score (nSPS) is 13.8. The van der Waals surface area contributed by atoms with Gasteiger partial charge in [0.25, 0.3) is 6.71 Å². The molecule has 0 bridgehead atoms. The van der Waals surface area contributed by atoms with Gasteiger partial charge < -0.3 is 9.32 Å². The number of hydrogen-bond donors (Lipinski definition) is 0. The monoisotopic (exact) mass is 669 g/mol. The standard InChI is InChI=1S/C47H36BN3O/c1-8-15-30-29(7)46(52-40(30)10-3)36(9-2)50-37-21-14-20-33-31-18-11-12-19-32(31)34-22-23-35-45-43(34)48(42(33)37)44-38(50)24-26(4)25-39(44)51(45)47(49-35)41-27(5)16-13-17-28(41)6/h8-25H,2-3,7H2,1,4-6H3/b15-8-,46-36-. The highest BCUT2D eigenvalue weighted by Crippen LogP contribution is 2.45. The summed E-state index contributed by atoms with van der Waals surface area (Å²) in [6.45, 7) is 21.6. The van der Waals surface area contributed by atoms with E-state index in [1.165, 1.54) is 60.8 Å². The summed E-state index contributed by atoms with van der Waals surface area (Å²) in [7, 11) is 0. The largest absolute Gasteiger partial charge is 0.454 e. The number of anilines is 2. The summed E-state index contributed by atoms with van der Waals surface area (Å²) in [5, 5.41) is 0.806. The van der Waals surface area contributed by atoms with Gasteiger partial charge in [-0.25, -0.2) is 4.98 Å². The van der Waals surface area contributed by atoms with Gasteiger partial charge in [-0.2, -0.15) is 0 Å². The van der Waals surface area contributed by atoms with Crippen molar-refractivity contribution in [2.24, 2.45) is 0 Å². The number of allylic oxidation sites excluding steroid dienone is 1. The summed E-state index contributed by atoms with van der Waals surface area (Å²) in [6.07, 6.45) is 7.73. The fourth-order valence-electron chi connectivity index (χ4n) is 9.27. The number of aromatic nitrogens is 2. The van der Waals surface area contributed by atoms with Crippen LogP contribution in [-0.2, 0) is 0 Å². The number of aryl methyl sites for hydroxylation is 3. The first-order chi connectivity index (χ1) is 25.4. The van der Waals surface area contributed by atoms with E-state index in [-0.39, 0.29) is 6.71 Å². The predicted octanol–water partition coefficient (Wildman–Crippen LogP) is 8.22. The molecule has 4 nitrogen and oxygen atoms in total. The Labute approximate surface area is 303 Å². The van der Waals surface area contributed by atoms with Gasteiger partial charge in [0.15, 0.2) is 5.42 Å².